The van der Waals surface area contributed by atoms with Gasteiger partial charge in [-0.25, -0.2) is 9.38 Å². The number of hydrogen-bond acceptors (Lipinski definition) is 5. The summed E-state index contributed by atoms with van der Waals surface area (Å²) in [7, 11) is 0. The molecular formula is C20H14F4N4OS. The van der Waals surface area contributed by atoms with E-state index in [4.69, 9.17) is 5.73 Å². The largest absolute Gasteiger partial charge is 0.416 e. The van der Waals surface area contributed by atoms with Gasteiger partial charge in [-0.05, 0) is 53.9 Å². The van der Waals surface area contributed by atoms with Crippen LogP contribution in [0.15, 0.2) is 58.9 Å². The molecule has 1 aromatic heterocycles. The Labute approximate surface area is 172 Å². The molecule has 2 aromatic carbocycles. The summed E-state index contributed by atoms with van der Waals surface area (Å²) in [6.45, 7) is 0. The average molecular weight is 434 g/mol. The predicted octanol–water partition coefficient (Wildman–Crippen LogP) is 5.30. The lowest BCUT2D eigenvalue weighted by Crippen LogP contribution is -2.35. The minimum atomic E-state index is -4.68. The fourth-order valence-corrected chi connectivity index (χ4v) is 3.77. The first-order valence-electron chi connectivity index (χ1n) is 8.68. The van der Waals surface area contributed by atoms with Gasteiger partial charge in [0.2, 0.25) is 0 Å². The number of hydrogen-bond donors (Lipinski definition) is 2. The normalized spacial score (nSPS) is 15.8. The van der Waals surface area contributed by atoms with E-state index in [-0.39, 0.29) is 0 Å². The van der Waals surface area contributed by atoms with E-state index >= 15 is 0 Å². The summed E-state index contributed by atoms with van der Waals surface area (Å²) in [5.41, 5.74) is 6.35. The molecule has 5 nitrogen and oxygen atoms in total. The second-order valence-corrected chi connectivity index (χ2v) is 7.37. The van der Waals surface area contributed by atoms with Crippen LogP contribution in [0.1, 0.15) is 27.7 Å². The van der Waals surface area contributed by atoms with E-state index in [1.807, 2.05) is 11.4 Å². The lowest BCUT2D eigenvalue weighted by atomic mass is 10.1. The van der Waals surface area contributed by atoms with Gasteiger partial charge in [0.1, 0.15) is 17.0 Å². The summed E-state index contributed by atoms with van der Waals surface area (Å²) in [6.07, 6.45) is -3.50. The van der Waals surface area contributed by atoms with Crippen molar-refractivity contribution in [3.8, 4) is 0 Å². The molecule has 0 fully saturated rings. The molecule has 0 aliphatic carbocycles. The van der Waals surface area contributed by atoms with Crippen LogP contribution in [-0.4, -0.2) is 12.2 Å². The van der Waals surface area contributed by atoms with Crippen molar-refractivity contribution < 1.29 is 22.4 Å². The Hall–Kier alpha value is -3.24. The van der Waals surface area contributed by atoms with Crippen LogP contribution in [0.4, 0.5) is 33.9 Å². The summed E-state index contributed by atoms with van der Waals surface area (Å²) < 4.78 is 52.4. The van der Waals surface area contributed by atoms with Crippen molar-refractivity contribution in [2.75, 3.05) is 10.2 Å². The predicted molar refractivity (Wildman–Crippen MR) is 108 cm³/mol. The maximum atomic E-state index is 13.9. The maximum absolute atomic E-state index is 13.9. The van der Waals surface area contributed by atoms with Crippen LogP contribution in [0.5, 0.6) is 0 Å². The molecule has 0 saturated carbocycles. The molecule has 154 valence electrons. The highest BCUT2D eigenvalue weighted by Gasteiger charge is 2.32. The van der Waals surface area contributed by atoms with Crippen molar-refractivity contribution in [1.82, 2.24) is 0 Å². The average Bonchev–Trinajstić information content (AvgIpc) is 3.18. The quantitative estimate of drug-likeness (QED) is 0.550. The molecule has 1 unspecified atom stereocenters. The van der Waals surface area contributed by atoms with Gasteiger partial charge in [0.25, 0.3) is 5.91 Å². The molecular weight excluding hydrogens is 420 g/mol. The first kappa shape index (κ1) is 20.0. The number of amides is 1. The van der Waals surface area contributed by atoms with Crippen molar-refractivity contribution in [2.24, 2.45) is 10.7 Å². The van der Waals surface area contributed by atoms with Crippen LogP contribution in [0, 0.1) is 5.82 Å². The van der Waals surface area contributed by atoms with Gasteiger partial charge in [0, 0.05) is 16.9 Å². The van der Waals surface area contributed by atoms with E-state index in [0.717, 1.165) is 10.6 Å². The van der Waals surface area contributed by atoms with Gasteiger partial charge in [-0.3, -0.25) is 4.79 Å². The number of thiophene rings is 1. The summed E-state index contributed by atoms with van der Waals surface area (Å²) in [5.74, 6) is -2.02. The van der Waals surface area contributed by atoms with Gasteiger partial charge in [0.15, 0.2) is 0 Å². The molecule has 4 rings (SSSR count). The van der Waals surface area contributed by atoms with Crippen molar-refractivity contribution in [3.63, 3.8) is 0 Å². The highest BCUT2D eigenvalue weighted by Crippen LogP contribution is 2.37. The number of nitrogens with zero attached hydrogens (tertiary/aromatic N) is 2. The molecule has 1 amide bonds. The van der Waals surface area contributed by atoms with Gasteiger partial charge in [-0.2, -0.15) is 13.2 Å². The summed E-state index contributed by atoms with van der Waals surface area (Å²) in [6, 6.07) is 10.0. The molecule has 0 bridgehead atoms. The van der Waals surface area contributed by atoms with Crippen molar-refractivity contribution >= 4 is 40.0 Å². The van der Waals surface area contributed by atoms with Crippen LogP contribution < -0.4 is 16.0 Å². The first-order valence-corrected chi connectivity index (χ1v) is 9.55. The summed E-state index contributed by atoms with van der Waals surface area (Å²) in [5, 5.41) is 5.14. The van der Waals surface area contributed by atoms with Crippen LogP contribution in [0.3, 0.4) is 0 Å². The number of alkyl halides is 3. The molecule has 10 heteroatoms. The first-order chi connectivity index (χ1) is 14.2. The van der Waals surface area contributed by atoms with Crippen molar-refractivity contribution in [3.05, 3.63) is 76.4 Å². The number of carbonyl (C=O) groups excluding carboxylic acids is 1. The van der Waals surface area contributed by atoms with E-state index in [9.17, 15) is 22.4 Å². The molecule has 1 atom stereocenters. The highest BCUT2D eigenvalue weighted by atomic mass is 32.1. The zero-order chi connectivity index (χ0) is 21.5. The fourth-order valence-electron chi connectivity index (χ4n) is 3.00. The molecule has 1 aliphatic heterocycles. The minimum absolute atomic E-state index is 0.291. The molecule has 0 spiro atoms. The monoisotopic (exact) mass is 434 g/mol. The Kier molecular flexibility index (Phi) is 5.04. The van der Waals surface area contributed by atoms with Crippen LogP contribution in [0.25, 0.3) is 0 Å². The molecule has 0 radical (unpaired) electrons. The third-order valence-electron chi connectivity index (χ3n) is 4.55. The number of benzene rings is 2. The zero-order valence-electron chi connectivity index (χ0n) is 15.2. The topological polar surface area (TPSA) is 70.7 Å². The van der Waals surface area contributed by atoms with E-state index < -0.39 is 35.2 Å². The van der Waals surface area contributed by atoms with Crippen molar-refractivity contribution in [2.45, 2.75) is 12.3 Å². The highest BCUT2D eigenvalue weighted by molar-refractivity contribution is 7.14. The van der Waals surface area contributed by atoms with Crippen LogP contribution in [0.2, 0.25) is 0 Å². The van der Waals surface area contributed by atoms with E-state index in [1.54, 1.807) is 35.5 Å². The lowest BCUT2D eigenvalue weighted by molar-refractivity contribution is -0.137. The molecule has 0 saturated heterocycles. The number of halogens is 4. The Bertz CT molecular complexity index is 1120. The molecule has 3 aromatic rings. The number of fused-ring (bicyclic) bond motifs is 1. The molecule has 30 heavy (non-hydrogen) atoms. The number of rotatable bonds is 3. The molecule has 2 heterocycles. The third kappa shape index (κ3) is 3.79. The second-order valence-electron chi connectivity index (χ2n) is 6.47. The van der Waals surface area contributed by atoms with Gasteiger partial charge in [-0.1, -0.05) is 0 Å². The standard InChI is InChI=1S/C20H14F4N4OS/c21-16-6-1-11(20(22,23)24)9-15(16)18(29)27-12-2-4-13(5-3-12)28-10-26-19-14(17(28)25)7-8-30-19/h1-10,17H,25H2,(H,27,29). The number of nitrogens with one attached hydrogen (secondary N) is 1. The van der Waals surface area contributed by atoms with Crippen molar-refractivity contribution in [1.29, 1.82) is 0 Å². The van der Waals surface area contributed by atoms with Gasteiger partial charge in [0.05, 0.1) is 17.5 Å². The Balaban J connectivity index is 1.51. The molecule has 3 N–H and O–H groups in total. The smallest absolute Gasteiger partial charge is 0.322 e. The van der Waals surface area contributed by atoms with E-state index in [1.165, 1.54) is 11.3 Å². The fraction of sp³-hybridized carbons (Fsp3) is 0.100. The Morgan fingerprint density at radius 3 is 2.57 bits per heavy atom. The number of anilines is 2. The zero-order valence-corrected chi connectivity index (χ0v) is 16.0. The number of aliphatic imine (C=N–C) groups is 1. The van der Waals surface area contributed by atoms with E-state index in [2.05, 4.69) is 10.3 Å². The van der Waals surface area contributed by atoms with Gasteiger partial charge >= 0.3 is 6.18 Å². The number of nitrogens with two attached hydrogens (primary N) is 1. The summed E-state index contributed by atoms with van der Waals surface area (Å²) in [4.78, 5) is 18.4. The SMILES string of the molecule is NC1c2ccsc2N=CN1c1ccc(NC(=O)c2cc(C(F)(F)F)ccc2F)cc1. The minimum Gasteiger partial charge on any atom is -0.322 e. The Morgan fingerprint density at radius 1 is 1.13 bits per heavy atom. The lowest BCUT2D eigenvalue weighted by Gasteiger charge is -2.29. The maximum Gasteiger partial charge on any atom is 0.416 e. The van der Waals surface area contributed by atoms with Crippen LogP contribution in [-0.2, 0) is 6.18 Å². The summed E-state index contributed by atoms with van der Waals surface area (Å²) >= 11 is 1.48. The van der Waals surface area contributed by atoms with Gasteiger partial charge < -0.3 is 16.0 Å². The Morgan fingerprint density at radius 2 is 1.87 bits per heavy atom. The second kappa shape index (κ2) is 7.54. The van der Waals surface area contributed by atoms with Crippen LogP contribution >= 0.6 is 11.3 Å². The third-order valence-corrected chi connectivity index (χ3v) is 5.39. The number of carbonyl (C=O) groups is 1. The van der Waals surface area contributed by atoms with E-state index in [0.29, 0.717) is 29.6 Å². The molecule has 1 aliphatic rings. The van der Waals surface area contributed by atoms with Gasteiger partial charge in [-0.15, -0.1) is 11.3 Å².